The summed E-state index contributed by atoms with van der Waals surface area (Å²) in [7, 11) is 1.34. The van der Waals surface area contributed by atoms with E-state index in [9.17, 15) is 9.59 Å². The Kier molecular flexibility index (Phi) is 4.59. The highest BCUT2D eigenvalue weighted by atomic mass is 16.6. The lowest BCUT2D eigenvalue weighted by Crippen LogP contribution is -2.51. The number of methoxy groups -OCH3 is 1. The van der Waals surface area contributed by atoms with E-state index in [1.807, 2.05) is 20.8 Å². The molecule has 1 rings (SSSR count). The molecule has 5 heteroatoms. The molecule has 0 saturated carbocycles. The highest BCUT2D eigenvalue weighted by molar-refractivity contribution is 5.81. The average molecular weight is 257 g/mol. The van der Waals surface area contributed by atoms with E-state index in [1.54, 1.807) is 0 Å². The molecule has 1 fully saturated rings. The number of piperidine rings is 1. The predicted octanol–water partition coefficient (Wildman–Crippen LogP) is 2.20. The molecule has 0 aromatic carbocycles. The van der Waals surface area contributed by atoms with Crippen LogP contribution in [0.4, 0.5) is 4.79 Å². The molecular formula is C13H23NO4. The molecule has 104 valence electrons. The molecule has 0 aliphatic carbocycles. The van der Waals surface area contributed by atoms with Crippen molar-refractivity contribution in [2.75, 3.05) is 13.7 Å². The maximum absolute atomic E-state index is 12.0. The first-order valence-corrected chi connectivity index (χ1v) is 6.32. The lowest BCUT2D eigenvalue weighted by molar-refractivity contribution is -0.148. The zero-order valence-electron chi connectivity index (χ0n) is 11.9. The molecule has 0 spiro atoms. The van der Waals surface area contributed by atoms with Crippen molar-refractivity contribution in [3.05, 3.63) is 0 Å². The van der Waals surface area contributed by atoms with Crippen LogP contribution >= 0.6 is 0 Å². The molecule has 1 heterocycles. The van der Waals surface area contributed by atoms with Gasteiger partial charge in [-0.1, -0.05) is 6.92 Å². The van der Waals surface area contributed by atoms with E-state index in [0.29, 0.717) is 18.9 Å². The molecule has 0 N–H and O–H groups in total. The van der Waals surface area contributed by atoms with Gasteiger partial charge < -0.3 is 9.47 Å². The number of amides is 1. The Balaban J connectivity index is 2.77. The second-order valence-electron chi connectivity index (χ2n) is 5.84. The van der Waals surface area contributed by atoms with Gasteiger partial charge in [-0.2, -0.15) is 0 Å². The van der Waals surface area contributed by atoms with E-state index in [0.717, 1.165) is 6.42 Å². The average Bonchev–Trinajstić information content (AvgIpc) is 2.25. The number of hydrogen-bond donors (Lipinski definition) is 0. The van der Waals surface area contributed by atoms with Crippen LogP contribution in [0.25, 0.3) is 0 Å². The summed E-state index contributed by atoms with van der Waals surface area (Å²) >= 11 is 0. The van der Waals surface area contributed by atoms with Crippen LogP contribution in [0.5, 0.6) is 0 Å². The minimum atomic E-state index is -0.555. The molecule has 0 bridgehead atoms. The van der Waals surface area contributed by atoms with E-state index in [4.69, 9.17) is 9.47 Å². The number of carbonyl (C=O) groups is 2. The van der Waals surface area contributed by atoms with Crippen molar-refractivity contribution >= 4 is 12.1 Å². The zero-order chi connectivity index (χ0) is 13.9. The van der Waals surface area contributed by atoms with Gasteiger partial charge in [0, 0.05) is 6.54 Å². The fraction of sp³-hybridized carbons (Fsp3) is 0.846. The predicted molar refractivity (Wildman–Crippen MR) is 67.1 cm³/mol. The van der Waals surface area contributed by atoms with E-state index in [-0.39, 0.29) is 5.97 Å². The Morgan fingerprint density at radius 1 is 1.28 bits per heavy atom. The van der Waals surface area contributed by atoms with Gasteiger partial charge >= 0.3 is 12.1 Å². The van der Waals surface area contributed by atoms with Crippen molar-refractivity contribution < 1.29 is 19.1 Å². The number of likely N-dealkylation sites (tertiary alicyclic amines) is 1. The van der Waals surface area contributed by atoms with Crippen molar-refractivity contribution in [1.29, 1.82) is 0 Å². The third kappa shape index (κ3) is 3.89. The second kappa shape index (κ2) is 5.59. The maximum atomic E-state index is 12.0. The van der Waals surface area contributed by atoms with Crippen LogP contribution in [0.15, 0.2) is 0 Å². The van der Waals surface area contributed by atoms with E-state index in [2.05, 4.69) is 6.92 Å². The molecule has 2 atom stereocenters. The first-order valence-electron chi connectivity index (χ1n) is 6.32. The van der Waals surface area contributed by atoms with Crippen molar-refractivity contribution in [1.82, 2.24) is 4.90 Å². The Bertz CT molecular complexity index is 321. The van der Waals surface area contributed by atoms with Gasteiger partial charge in [0.1, 0.15) is 11.6 Å². The summed E-state index contributed by atoms with van der Waals surface area (Å²) < 4.78 is 10.1. The molecule has 0 aromatic heterocycles. The van der Waals surface area contributed by atoms with Crippen LogP contribution < -0.4 is 0 Å². The van der Waals surface area contributed by atoms with Crippen LogP contribution in [-0.4, -0.2) is 42.3 Å². The second-order valence-corrected chi connectivity index (χ2v) is 5.84. The van der Waals surface area contributed by atoms with E-state index >= 15 is 0 Å². The number of rotatable bonds is 1. The molecule has 5 nitrogen and oxygen atoms in total. The molecule has 1 amide bonds. The fourth-order valence-corrected chi connectivity index (χ4v) is 2.04. The topological polar surface area (TPSA) is 55.8 Å². The molecule has 0 radical (unpaired) electrons. The molecular weight excluding hydrogens is 234 g/mol. The van der Waals surface area contributed by atoms with Crippen molar-refractivity contribution in [2.45, 2.75) is 52.2 Å². The van der Waals surface area contributed by atoms with Crippen LogP contribution in [0.3, 0.4) is 0 Å². The number of hydrogen-bond acceptors (Lipinski definition) is 4. The highest BCUT2D eigenvalue weighted by Crippen LogP contribution is 2.25. The lowest BCUT2D eigenvalue weighted by atomic mass is 9.93. The van der Waals surface area contributed by atoms with Gasteiger partial charge in [-0.3, -0.25) is 4.90 Å². The van der Waals surface area contributed by atoms with Gasteiger partial charge in [-0.25, -0.2) is 9.59 Å². The summed E-state index contributed by atoms with van der Waals surface area (Å²) in [6.45, 7) is 8.04. The van der Waals surface area contributed by atoms with Gasteiger partial charge in [0.25, 0.3) is 0 Å². The Labute approximate surface area is 108 Å². The number of carbonyl (C=O) groups excluding carboxylic acids is 2. The molecule has 1 aliphatic heterocycles. The van der Waals surface area contributed by atoms with E-state index in [1.165, 1.54) is 12.0 Å². The quantitative estimate of drug-likeness (QED) is 0.676. The Hall–Kier alpha value is -1.26. The van der Waals surface area contributed by atoms with Crippen molar-refractivity contribution in [3.63, 3.8) is 0 Å². The number of ether oxygens (including phenoxy) is 2. The SMILES string of the molecule is COC(=O)[C@@H]1CC(C)CCN1C(=O)OC(C)(C)C. The third-order valence-corrected chi connectivity index (χ3v) is 2.97. The van der Waals surface area contributed by atoms with Crippen LogP contribution in [0.2, 0.25) is 0 Å². The van der Waals surface area contributed by atoms with Gasteiger partial charge in [0.2, 0.25) is 0 Å². The molecule has 18 heavy (non-hydrogen) atoms. The highest BCUT2D eigenvalue weighted by Gasteiger charge is 2.37. The standard InChI is InChI=1S/C13H23NO4/c1-9-6-7-14(10(8-9)11(15)17-5)12(16)18-13(2,3)4/h9-10H,6-8H2,1-5H3/t9?,10-/m0/s1. The van der Waals surface area contributed by atoms with Crippen molar-refractivity contribution in [2.24, 2.45) is 5.92 Å². The number of nitrogens with zero attached hydrogens (tertiary/aromatic N) is 1. The van der Waals surface area contributed by atoms with Crippen LogP contribution in [0.1, 0.15) is 40.5 Å². The summed E-state index contributed by atoms with van der Waals surface area (Å²) in [6.07, 6.45) is 1.07. The summed E-state index contributed by atoms with van der Waals surface area (Å²) in [5.41, 5.74) is -0.555. The summed E-state index contributed by atoms with van der Waals surface area (Å²) in [5, 5.41) is 0. The summed E-state index contributed by atoms with van der Waals surface area (Å²) in [5.74, 6) is 0.0418. The minimum Gasteiger partial charge on any atom is -0.467 e. The monoisotopic (exact) mass is 257 g/mol. The van der Waals surface area contributed by atoms with Gasteiger partial charge in [-0.05, 0) is 39.5 Å². The fourth-order valence-electron chi connectivity index (χ4n) is 2.04. The Morgan fingerprint density at radius 3 is 2.39 bits per heavy atom. The molecule has 1 aliphatic rings. The maximum Gasteiger partial charge on any atom is 0.411 e. The van der Waals surface area contributed by atoms with Crippen LogP contribution in [0, 0.1) is 5.92 Å². The van der Waals surface area contributed by atoms with Gasteiger partial charge in [0.05, 0.1) is 7.11 Å². The Morgan fingerprint density at radius 2 is 1.89 bits per heavy atom. The first-order chi connectivity index (χ1) is 8.24. The molecule has 1 saturated heterocycles. The third-order valence-electron chi connectivity index (χ3n) is 2.97. The van der Waals surface area contributed by atoms with Crippen LogP contribution in [-0.2, 0) is 14.3 Å². The van der Waals surface area contributed by atoms with Gasteiger partial charge in [-0.15, -0.1) is 0 Å². The summed E-state index contributed by atoms with van der Waals surface area (Å²) in [4.78, 5) is 25.3. The normalized spacial score (nSPS) is 24.6. The zero-order valence-corrected chi connectivity index (χ0v) is 11.9. The molecule has 0 aromatic rings. The lowest BCUT2D eigenvalue weighted by Gasteiger charge is -2.37. The molecule has 1 unspecified atom stereocenters. The smallest absolute Gasteiger partial charge is 0.411 e. The minimum absolute atomic E-state index is 0.368. The number of esters is 1. The van der Waals surface area contributed by atoms with Crippen molar-refractivity contribution in [3.8, 4) is 0 Å². The van der Waals surface area contributed by atoms with E-state index < -0.39 is 17.7 Å². The first kappa shape index (κ1) is 14.8. The largest absolute Gasteiger partial charge is 0.467 e. The van der Waals surface area contributed by atoms with Gasteiger partial charge in [0.15, 0.2) is 0 Å². The summed E-state index contributed by atoms with van der Waals surface area (Å²) in [6, 6.07) is -0.520.